The molecule has 1 aromatic heterocycles. The summed E-state index contributed by atoms with van der Waals surface area (Å²) < 4.78 is 5.79. The van der Waals surface area contributed by atoms with Crippen LogP contribution in [0.5, 0.6) is 5.75 Å². The van der Waals surface area contributed by atoms with Crippen LogP contribution in [0, 0.1) is 5.92 Å². The summed E-state index contributed by atoms with van der Waals surface area (Å²) in [5.74, 6) is 1.62. The Morgan fingerprint density at radius 3 is 3.14 bits per heavy atom. The zero-order valence-corrected chi connectivity index (χ0v) is 13.2. The monoisotopic (exact) mass is 302 g/mol. The number of ether oxygens (including phenoxy) is 1. The fraction of sp³-hybridized carbons (Fsp3) is 0.556. The Bertz CT molecular complexity index is 596. The summed E-state index contributed by atoms with van der Waals surface area (Å²) >= 11 is 0. The topological polar surface area (TPSA) is 57.3 Å². The van der Waals surface area contributed by atoms with Gasteiger partial charge in [0.15, 0.2) is 0 Å². The van der Waals surface area contributed by atoms with Gasteiger partial charge in [0.2, 0.25) is 0 Å². The van der Waals surface area contributed by atoms with Gasteiger partial charge < -0.3 is 20.1 Å². The molecule has 3 atom stereocenters. The fourth-order valence-electron chi connectivity index (χ4n) is 3.35. The lowest BCUT2D eigenvalue weighted by Crippen LogP contribution is -2.40. The van der Waals surface area contributed by atoms with Crippen LogP contribution in [0.4, 0.5) is 0 Å². The SMILES string of the molecule is CC1CCCC(NCC(O)COc2cccc3[nH]ccc23)C1. The van der Waals surface area contributed by atoms with E-state index in [-0.39, 0.29) is 0 Å². The number of hydrogen-bond donors (Lipinski definition) is 3. The molecule has 3 unspecified atom stereocenters. The van der Waals surface area contributed by atoms with Gasteiger partial charge in [0.25, 0.3) is 0 Å². The molecule has 1 aliphatic carbocycles. The summed E-state index contributed by atoms with van der Waals surface area (Å²) in [4.78, 5) is 3.17. The molecule has 22 heavy (non-hydrogen) atoms. The lowest BCUT2D eigenvalue weighted by atomic mass is 9.87. The lowest BCUT2D eigenvalue weighted by molar-refractivity contribution is 0.101. The molecule has 4 nitrogen and oxygen atoms in total. The highest BCUT2D eigenvalue weighted by Crippen LogP contribution is 2.25. The minimum atomic E-state index is -0.480. The van der Waals surface area contributed by atoms with E-state index in [1.165, 1.54) is 25.7 Å². The highest BCUT2D eigenvalue weighted by molar-refractivity contribution is 5.85. The number of aromatic nitrogens is 1. The van der Waals surface area contributed by atoms with Crippen molar-refractivity contribution in [2.45, 2.75) is 44.8 Å². The number of aromatic amines is 1. The Morgan fingerprint density at radius 2 is 2.27 bits per heavy atom. The standard InChI is InChI=1S/C18H26N2O2/c1-13-4-2-5-14(10-13)20-11-15(21)12-22-18-7-3-6-17-16(18)8-9-19-17/h3,6-9,13-15,19-21H,2,4-5,10-12H2,1H3. The zero-order chi connectivity index (χ0) is 15.4. The van der Waals surface area contributed by atoms with Crippen molar-refractivity contribution in [1.82, 2.24) is 10.3 Å². The summed E-state index contributed by atoms with van der Waals surface area (Å²) in [6.45, 7) is 3.23. The number of benzene rings is 1. The Balaban J connectivity index is 1.46. The molecule has 2 aromatic rings. The molecule has 1 heterocycles. The maximum Gasteiger partial charge on any atom is 0.128 e. The molecule has 0 amide bonds. The summed E-state index contributed by atoms with van der Waals surface area (Å²) in [7, 11) is 0. The van der Waals surface area contributed by atoms with E-state index in [4.69, 9.17) is 4.74 Å². The predicted molar refractivity (Wildman–Crippen MR) is 89.2 cm³/mol. The Morgan fingerprint density at radius 1 is 1.36 bits per heavy atom. The van der Waals surface area contributed by atoms with Gasteiger partial charge in [-0.25, -0.2) is 0 Å². The van der Waals surface area contributed by atoms with Crippen LogP contribution in [0.2, 0.25) is 0 Å². The van der Waals surface area contributed by atoms with Crippen molar-refractivity contribution < 1.29 is 9.84 Å². The van der Waals surface area contributed by atoms with Crippen molar-refractivity contribution >= 4 is 10.9 Å². The van der Waals surface area contributed by atoms with E-state index in [0.29, 0.717) is 19.2 Å². The third kappa shape index (κ3) is 3.81. The van der Waals surface area contributed by atoms with Gasteiger partial charge in [-0.1, -0.05) is 25.8 Å². The van der Waals surface area contributed by atoms with Crippen LogP contribution < -0.4 is 10.1 Å². The highest BCUT2D eigenvalue weighted by atomic mass is 16.5. The van der Waals surface area contributed by atoms with Crippen LogP contribution in [0.15, 0.2) is 30.5 Å². The van der Waals surface area contributed by atoms with Crippen molar-refractivity contribution in [2.24, 2.45) is 5.92 Å². The summed E-state index contributed by atoms with van der Waals surface area (Å²) in [5, 5.41) is 14.7. The quantitative estimate of drug-likeness (QED) is 0.768. The molecule has 3 N–H and O–H groups in total. The maximum atomic E-state index is 10.1. The normalized spacial score (nSPS) is 23.5. The molecule has 0 aliphatic heterocycles. The zero-order valence-electron chi connectivity index (χ0n) is 13.2. The molecule has 0 spiro atoms. The second kappa shape index (κ2) is 7.16. The maximum absolute atomic E-state index is 10.1. The second-order valence-corrected chi connectivity index (χ2v) is 6.54. The first-order valence-electron chi connectivity index (χ1n) is 8.32. The van der Waals surface area contributed by atoms with E-state index in [1.807, 2.05) is 30.5 Å². The summed E-state index contributed by atoms with van der Waals surface area (Å²) in [6.07, 6.45) is 6.49. The van der Waals surface area contributed by atoms with E-state index in [0.717, 1.165) is 22.6 Å². The van der Waals surface area contributed by atoms with Gasteiger partial charge in [-0.05, 0) is 37.0 Å². The summed E-state index contributed by atoms with van der Waals surface area (Å²) in [5.41, 5.74) is 1.06. The van der Waals surface area contributed by atoms with Crippen LogP contribution >= 0.6 is 0 Å². The van der Waals surface area contributed by atoms with E-state index < -0.39 is 6.10 Å². The number of fused-ring (bicyclic) bond motifs is 1. The Hall–Kier alpha value is -1.52. The molecule has 120 valence electrons. The van der Waals surface area contributed by atoms with Crippen LogP contribution in [-0.4, -0.2) is 35.4 Å². The fourth-order valence-corrected chi connectivity index (χ4v) is 3.35. The number of aliphatic hydroxyl groups excluding tert-OH is 1. The average Bonchev–Trinajstić information content (AvgIpc) is 3.00. The number of nitrogens with one attached hydrogen (secondary N) is 2. The first-order chi connectivity index (χ1) is 10.7. The van der Waals surface area contributed by atoms with Gasteiger partial charge in [-0.2, -0.15) is 0 Å². The lowest BCUT2D eigenvalue weighted by Gasteiger charge is -2.28. The molecule has 1 saturated carbocycles. The molecule has 3 rings (SSSR count). The first kappa shape index (κ1) is 15.4. The van der Waals surface area contributed by atoms with Crippen molar-refractivity contribution in [1.29, 1.82) is 0 Å². The number of rotatable bonds is 6. The van der Waals surface area contributed by atoms with Crippen LogP contribution in [0.1, 0.15) is 32.6 Å². The molecule has 0 radical (unpaired) electrons. The van der Waals surface area contributed by atoms with Gasteiger partial charge in [0.1, 0.15) is 18.5 Å². The molecule has 4 heteroatoms. The smallest absolute Gasteiger partial charge is 0.128 e. The molecule has 0 saturated heterocycles. The average molecular weight is 302 g/mol. The molecular weight excluding hydrogens is 276 g/mol. The van der Waals surface area contributed by atoms with Gasteiger partial charge in [0.05, 0.1) is 0 Å². The first-order valence-corrected chi connectivity index (χ1v) is 8.32. The van der Waals surface area contributed by atoms with E-state index >= 15 is 0 Å². The van der Waals surface area contributed by atoms with Gasteiger partial charge in [-0.3, -0.25) is 0 Å². The van der Waals surface area contributed by atoms with Gasteiger partial charge in [0, 0.05) is 29.7 Å². The van der Waals surface area contributed by atoms with Crippen LogP contribution in [0.25, 0.3) is 10.9 Å². The minimum absolute atomic E-state index is 0.319. The number of hydrogen-bond acceptors (Lipinski definition) is 3. The number of H-pyrrole nitrogens is 1. The number of aliphatic hydroxyl groups is 1. The van der Waals surface area contributed by atoms with Crippen molar-refractivity contribution in [3.63, 3.8) is 0 Å². The van der Waals surface area contributed by atoms with Crippen molar-refractivity contribution in [3.8, 4) is 5.75 Å². The highest BCUT2D eigenvalue weighted by Gasteiger charge is 2.19. The third-order valence-electron chi connectivity index (χ3n) is 4.56. The van der Waals surface area contributed by atoms with E-state index in [1.54, 1.807) is 0 Å². The van der Waals surface area contributed by atoms with Gasteiger partial charge >= 0.3 is 0 Å². The molecule has 0 bridgehead atoms. The molecule has 1 aliphatic rings. The molecular formula is C18H26N2O2. The molecule has 1 fully saturated rings. The summed E-state index contributed by atoms with van der Waals surface area (Å²) in [6, 6.07) is 8.47. The van der Waals surface area contributed by atoms with E-state index in [2.05, 4.69) is 17.2 Å². The third-order valence-corrected chi connectivity index (χ3v) is 4.56. The predicted octanol–water partition coefficient (Wildman–Crippen LogP) is 3.08. The largest absolute Gasteiger partial charge is 0.490 e. The van der Waals surface area contributed by atoms with Crippen LogP contribution in [0.3, 0.4) is 0 Å². The second-order valence-electron chi connectivity index (χ2n) is 6.54. The van der Waals surface area contributed by atoms with Crippen molar-refractivity contribution in [2.75, 3.05) is 13.2 Å². The Labute approximate surface area is 131 Å². The van der Waals surface area contributed by atoms with Crippen LogP contribution in [-0.2, 0) is 0 Å². The van der Waals surface area contributed by atoms with E-state index in [9.17, 15) is 5.11 Å². The van der Waals surface area contributed by atoms with Crippen molar-refractivity contribution in [3.05, 3.63) is 30.5 Å². The Kier molecular flexibility index (Phi) is 5.01. The minimum Gasteiger partial charge on any atom is -0.490 e. The molecule has 1 aromatic carbocycles. The van der Waals surface area contributed by atoms with Gasteiger partial charge in [-0.15, -0.1) is 0 Å².